The van der Waals surface area contributed by atoms with Crippen molar-refractivity contribution in [3.63, 3.8) is 0 Å². The van der Waals surface area contributed by atoms with E-state index in [0.717, 1.165) is 23.4 Å². The van der Waals surface area contributed by atoms with Gasteiger partial charge in [0.15, 0.2) is 9.84 Å². The molecule has 7 heteroatoms. The minimum atomic E-state index is -3.23. The van der Waals surface area contributed by atoms with E-state index in [9.17, 15) is 13.2 Å². The van der Waals surface area contributed by atoms with E-state index in [1.54, 1.807) is 24.3 Å². The van der Waals surface area contributed by atoms with Crippen LogP contribution in [0.5, 0.6) is 0 Å². The van der Waals surface area contributed by atoms with Gasteiger partial charge in [-0.3, -0.25) is 5.32 Å². The first-order chi connectivity index (χ1) is 13.5. The predicted molar refractivity (Wildman–Crippen MR) is 118 cm³/mol. The van der Waals surface area contributed by atoms with Gasteiger partial charge in [-0.2, -0.15) is 0 Å². The summed E-state index contributed by atoms with van der Waals surface area (Å²) >= 11 is 0. The van der Waals surface area contributed by atoms with E-state index in [2.05, 4.69) is 17.1 Å². The summed E-state index contributed by atoms with van der Waals surface area (Å²) in [5.74, 6) is -0.0870. The summed E-state index contributed by atoms with van der Waals surface area (Å²) < 4.78 is 28.7. The number of nitrogens with zero attached hydrogens (tertiary/aromatic N) is 1. The van der Waals surface area contributed by atoms with Gasteiger partial charge in [0.25, 0.3) is 0 Å². The Balaban J connectivity index is 2.01. The SMILES string of the molecule is CCN(C)c1ccc(NC(=O)OC(C)C(C)c2ccc(S(C)(=O)=O)cc2)c(C)c1. The van der Waals surface area contributed by atoms with Crippen LogP contribution in [-0.2, 0) is 14.6 Å². The second-order valence-electron chi connectivity index (χ2n) is 7.38. The Labute approximate surface area is 173 Å². The number of ether oxygens (including phenoxy) is 1. The molecule has 0 bridgehead atoms. The molecule has 29 heavy (non-hydrogen) atoms. The molecule has 2 rings (SSSR count). The van der Waals surface area contributed by atoms with E-state index in [-0.39, 0.29) is 16.9 Å². The molecule has 6 nitrogen and oxygen atoms in total. The lowest BCUT2D eigenvalue weighted by Crippen LogP contribution is -2.24. The minimum absolute atomic E-state index is 0.0870. The molecule has 158 valence electrons. The van der Waals surface area contributed by atoms with Gasteiger partial charge in [0.2, 0.25) is 0 Å². The number of aryl methyl sites for hydroxylation is 1. The fraction of sp³-hybridized carbons (Fsp3) is 0.409. The van der Waals surface area contributed by atoms with Crippen molar-refractivity contribution in [1.82, 2.24) is 0 Å². The summed E-state index contributed by atoms with van der Waals surface area (Å²) in [5.41, 5.74) is 3.65. The van der Waals surface area contributed by atoms with Crippen molar-refractivity contribution in [2.45, 2.75) is 44.6 Å². The van der Waals surface area contributed by atoms with Crippen LogP contribution in [0.3, 0.4) is 0 Å². The summed E-state index contributed by atoms with van der Waals surface area (Å²) in [5, 5.41) is 2.80. The highest BCUT2D eigenvalue weighted by atomic mass is 32.2. The van der Waals surface area contributed by atoms with Crippen molar-refractivity contribution < 1.29 is 17.9 Å². The van der Waals surface area contributed by atoms with Crippen LogP contribution >= 0.6 is 0 Å². The topological polar surface area (TPSA) is 75.7 Å². The number of hydrogen-bond acceptors (Lipinski definition) is 5. The van der Waals surface area contributed by atoms with Crippen LogP contribution in [0.2, 0.25) is 0 Å². The molecule has 1 N–H and O–H groups in total. The number of carbonyl (C=O) groups is 1. The van der Waals surface area contributed by atoms with E-state index >= 15 is 0 Å². The molecular formula is C22H30N2O4S. The normalized spacial score (nSPS) is 13.4. The molecule has 0 fully saturated rings. The zero-order valence-electron chi connectivity index (χ0n) is 17.9. The van der Waals surface area contributed by atoms with E-state index in [1.807, 2.05) is 46.0 Å². The van der Waals surface area contributed by atoms with Gasteiger partial charge in [0, 0.05) is 37.1 Å². The average molecular weight is 419 g/mol. The van der Waals surface area contributed by atoms with Crippen molar-refractivity contribution in [2.75, 3.05) is 30.1 Å². The fourth-order valence-corrected chi connectivity index (χ4v) is 3.54. The first-order valence-corrected chi connectivity index (χ1v) is 11.5. The van der Waals surface area contributed by atoms with Crippen LogP contribution in [0.4, 0.5) is 16.2 Å². The molecule has 0 saturated heterocycles. The second kappa shape index (κ2) is 9.31. The third-order valence-corrected chi connectivity index (χ3v) is 6.32. The van der Waals surface area contributed by atoms with Gasteiger partial charge in [0.1, 0.15) is 6.10 Å². The lowest BCUT2D eigenvalue weighted by Gasteiger charge is -2.22. The molecule has 2 aromatic rings. The Hall–Kier alpha value is -2.54. The summed E-state index contributed by atoms with van der Waals surface area (Å²) in [6.45, 7) is 8.68. The molecule has 2 atom stereocenters. The second-order valence-corrected chi connectivity index (χ2v) is 9.39. The summed E-state index contributed by atoms with van der Waals surface area (Å²) in [6.07, 6.45) is 0.276. The van der Waals surface area contributed by atoms with Crippen LogP contribution in [0.25, 0.3) is 0 Å². The number of hydrogen-bond donors (Lipinski definition) is 1. The van der Waals surface area contributed by atoms with Crippen molar-refractivity contribution in [3.8, 4) is 0 Å². The van der Waals surface area contributed by atoms with Crippen molar-refractivity contribution in [1.29, 1.82) is 0 Å². The van der Waals surface area contributed by atoms with Crippen LogP contribution in [0, 0.1) is 6.92 Å². The fourth-order valence-electron chi connectivity index (χ4n) is 2.91. The summed E-state index contributed by atoms with van der Waals surface area (Å²) in [6, 6.07) is 12.5. The number of rotatable bonds is 7. The number of benzene rings is 2. The van der Waals surface area contributed by atoms with Crippen LogP contribution in [0.1, 0.15) is 37.8 Å². The summed E-state index contributed by atoms with van der Waals surface area (Å²) in [4.78, 5) is 14.7. The Bertz CT molecular complexity index is 955. The van der Waals surface area contributed by atoms with Crippen molar-refractivity contribution >= 4 is 27.3 Å². The molecule has 0 aliphatic heterocycles. The molecule has 0 aliphatic rings. The maximum absolute atomic E-state index is 12.3. The predicted octanol–water partition coefficient (Wildman–Crippen LogP) is 4.60. The van der Waals surface area contributed by atoms with Gasteiger partial charge in [0.05, 0.1) is 4.90 Å². The van der Waals surface area contributed by atoms with Crippen molar-refractivity contribution in [2.24, 2.45) is 0 Å². The van der Waals surface area contributed by atoms with Gasteiger partial charge < -0.3 is 9.64 Å². The Morgan fingerprint density at radius 1 is 1.14 bits per heavy atom. The third-order valence-electron chi connectivity index (χ3n) is 5.19. The van der Waals surface area contributed by atoms with Crippen LogP contribution in [-0.4, -0.2) is 40.5 Å². The molecule has 0 aliphatic carbocycles. The van der Waals surface area contributed by atoms with Crippen molar-refractivity contribution in [3.05, 3.63) is 53.6 Å². The van der Waals surface area contributed by atoms with E-state index < -0.39 is 15.9 Å². The molecule has 2 unspecified atom stereocenters. The largest absolute Gasteiger partial charge is 0.446 e. The quantitative estimate of drug-likeness (QED) is 0.711. The minimum Gasteiger partial charge on any atom is -0.446 e. The van der Waals surface area contributed by atoms with E-state index in [0.29, 0.717) is 5.69 Å². The van der Waals surface area contributed by atoms with Gasteiger partial charge in [-0.25, -0.2) is 13.2 Å². The maximum Gasteiger partial charge on any atom is 0.411 e. The van der Waals surface area contributed by atoms with Gasteiger partial charge in [-0.05, 0) is 62.2 Å². The molecule has 0 radical (unpaired) electrons. The molecule has 0 saturated carbocycles. The number of anilines is 2. The monoisotopic (exact) mass is 418 g/mol. The Morgan fingerprint density at radius 2 is 1.76 bits per heavy atom. The van der Waals surface area contributed by atoms with Crippen LogP contribution < -0.4 is 10.2 Å². The molecule has 2 aromatic carbocycles. The van der Waals surface area contributed by atoms with E-state index in [1.165, 1.54) is 6.26 Å². The number of amides is 1. The first-order valence-electron chi connectivity index (χ1n) is 9.62. The number of nitrogens with one attached hydrogen (secondary N) is 1. The molecule has 0 heterocycles. The third kappa shape index (κ3) is 5.97. The maximum atomic E-state index is 12.3. The molecule has 0 spiro atoms. The lowest BCUT2D eigenvalue weighted by molar-refractivity contribution is 0.107. The molecular weight excluding hydrogens is 388 g/mol. The Kier molecular flexibility index (Phi) is 7.30. The number of carbonyl (C=O) groups excluding carboxylic acids is 1. The zero-order chi connectivity index (χ0) is 21.8. The lowest BCUT2D eigenvalue weighted by atomic mass is 9.96. The van der Waals surface area contributed by atoms with Gasteiger partial charge >= 0.3 is 6.09 Å². The zero-order valence-corrected chi connectivity index (χ0v) is 18.7. The standard InChI is InChI=1S/C22H30N2O4S/c1-7-24(5)19-10-13-21(15(2)14-19)23-22(25)28-17(4)16(3)18-8-11-20(12-9-18)29(6,26)27/h8-14,16-17H,7H2,1-6H3,(H,23,25). The highest BCUT2D eigenvalue weighted by Crippen LogP contribution is 2.25. The van der Waals surface area contributed by atoms with Gasteiger partial charge in [-0.15, -0.1) is 0 Å². The highest BCUT2D eigenvalue weighted by molar-refractivity contribution is 7.90. The smallest absolute Gasteiger partial charge is 0.411 e. The van der Waals surface area contributed by atoms with Gasteiger partial charge in [-0.1, -0.05) is 19.1 Å². The molecule has 0 aromatic heterocycles. The average Bonchev–Trinajstić information content (AvgIpc) is 2.67. The van der Waals surface area contributed by atoms with E-state index in [4.69, 9.17) is 4.74 Å². The summed E-state index contributed by atoms with van der Waals surface area (Å²) in [7, 11) is -1.22. The molecule has 1 amide bonds. The highest BCUT2D eigenvalue weighted by Gasteiger charge is 2.20. The Morgan fingerprint density at radius 3 is 2.28 bits per heavy atom. The first kappa shape index (κ1) is 22.7. The van der Waals surface area contributed by atoms with Crippen LogP contribution in [0.15, 0.2) is 47.4 Å². The number of sulfone groups is 1.